The van der Waals surface area contributed by atoms with E-state index in [1.807, 2.05) is 12.1 Å². The fraction of sp³-hybridized carbons (Fsp3) is 0.231. The Morgan fingerprint density at radius 1 is 1.39 bits per heavy atom. The molecular weight excluding hydrogens is 252 g/mol. The SMILES string of the molecule is CCOC(=O)c1cc(-c2ccc(Cl)cc2)n(C)n1. The topological polar surface area (TPSA) is 44.1 Å². The van der Waals surface area contributed by atoms with Gasteiger partial charge in [-0.3, -0.25) is 4.68 Å². The summed E-state index contributed by atoms with van der Waals surface area (Å²) in [5, 5.41) is 4.81. The molecule has 0 spiro atoms. The number of carbonyl (C=O) groups excluding carboxylic acids is 1. The van der Waals surface area contributed by atoms with Crippen molar-refractivity contribution in [3.63, 3.8) is 0 Å². The van der Waals surface area contributed by atoms with Crippen LogP contribution in [0.25, 0.3) is 11.3 Å². The van der Waals surface area contributed by atoms with Crippen molar-refractivity contribution in [1.82, 2.24) is 9.78 Å². The maximum Gasteiger partial charge on any atom is 0.358 e. The van der Waals surface area contributed by atoms with Crippen molar-refractivity contribution in [2.24, 2.45) is 7.05 Å². The van der Waals surface area contributed by atoms with Gasteiger partial charge in [0.15, 0.2) is 5.69 Å². The molecule has 0 aliphatic carbocycles. The summed E-state index contributed by atoms with van der Waals surface area (Å²) in [6.45, 7) is 2.10. The number of rotatable bonds is 3. The molecule has 0 saturated carbocycles. The molecule has 0 amide bonds. The number of halogens is 1. The normalized spacial score (nSPS) is 10.4. The predicted molar refractivity (Wildman–Crippen MR) is 69.6 cm³/mol. The Hall–Kier alpha value is -1.81. The Bertz CT molecular complexity index is 561. The highest BCUT2D eigenvalue weighted by molar-refractivity contribution is 6.30. The number of ether oxygens (including phenoxy) is 1. The number of aromatic nitrogens is 2. The van der Waals surface area contributed by atoms with E-state index in [-0.39, 0.29) is 0 Å². The smallest absolute Gasteiger partial charge is 0.358 e. The molecule has 0 radical (unpaired) electrons. The van der Waals surface area contributed by atoms with Gasteiger partial charge in [-0.05, 0) is 30.7 Å². The van der Waals surface area contributed by atoms with Gasteiger partial charge in [-0.2, -0.15) is 5.10 Å². The number of nitrogens with zero attached hydrogens (tertiary/aromatic N) is 2. The van der Waals surface area contributed by atoms with Gasteiger partial charge >= 0.3 is 5.97 Å². The second-order valence-corrected chi connectivity index (χ2v) is 4.20. The average Bonchev–Trinajstić information content (AvgIpc) is 2.73. The molecule has 94 valence electrons. The van der Waals surface area contributed by atoms with Crippen molar-refractivity contribution in [2.75, 3.05) is 6.61 Å². The zero-order valence-corrected chi connectivity index (χ0v) is 10.9. The van der Waals surface area contributed by atoms with Gasteiger partial charge in [0, 0.05) is 12.1 Å². The Balaban J connectivity index is 2.34. The lowest BCUT2D eigenvalue weighted by Gasteiger charge is -2.00. The molecule has 2 aromatic rings. The summed E-state index contributed by atoms with van der Waals surface area (Å²) in [7, 11) is 1.78. The van der Waals surface area contributed by atoms with Gasteiger partial charge in [0.1, 0.15) is 0 Å². The van der Waals surface area contributed by atoms with Crippen LogP contribution in [0.3, 0.4) is 0 Å². The molecule has 0 unspecified atom stereocenters. The fourth-order valence-corrected chi connectivity index (χ4v) is 1.79. The highest BCUT2D eigenvalue weighted by Gasteiger charge is 2.14. The highest BCUT2D eigenvalue weighted by atomic mass is 35.5. The van der Waals surface area contributed by atoms with E-state index >= 15 is 0 Å². The van der Waals surface area contributed by atoms with Gasteiger partial charge in [-0.1, -0.05) is 23.7 Å². The zero-order valence-electron chi connectivity index (χ0n) is 10.2. The molecule has 0 saturated heterocycles. The predicted octanol–water partition coefficient (Wildman–Crippen LogP) is 2.92. The van der Waals surface area contributed by atoms with Crippen molar-refractivity contribution in [2.45, 2.75) is 6.92 Å². The first-order chi connectivity index (χ1) is 8.61. The molecule has 0 aliphatic rings. The first-order valence-corrected chi connectivity index (χ1v) is 5.96. The van der Waals surface area contributed by atoms with E-state index in [4.69, 9.17) is 16.3 Å². The number of benzene rings is 1. The summed E-state index contributed by atoms with van der Waals surface area (Å²) < 4.78 is 6.56. The van der Waals surface area contributed by atoms with Crippen LogP contribution in [0.1, 0.15) is 17.4 Å². The molecule has 1 aromatic carbocycles. The van der Waals surface area contributed by atoms with E-state index in [2.05, 4.69) is 5.10 Å². The number of aryl methyl sites for hydroxylation is 1. The van der Waals surface area contributed by atoms with Crippen LogP contribution in [0.4, 0.5) is 0 Å². The minimum absolute atomic E-state index is 0.310. The molecule has 4 nitrogen and oxygen atoms in total. The highest BCUT2D eigenvalue weighted by Crippen LogP contribution is 2.22. The summed E-state index contributed by atoms with van der Waals surface area (Å²) in [5.41, 5.74) is 2.10. The molecule has 5 heteroatoms. The van der Waals surface area contributed by atoms with Crippen LogP contribution in [-0.2, 0) is 11.8 Å². The minimum Gasteiger partial charge on any atom is -0.461 e. The largest absolute Gasteiger partial charge is 0.461 e. The van der Waals surface area contributed by atoms with Crippen LogP contribution in [-0.4, -0.2) is 22.4 Å². The van der Waals surface area contributed by atoms with E-state index in [1.54, 1.807) is 36.9 Å². The number of carbonyl (C=O) groups is 1. The third kappa shape index (κ3) is 2.54. The van der Waals surface area contributed by atoms with E-state index in [9.17, 15) is 4.79 Å². The van der Waals surface area contributed by atoms with E-state index in [0.717, 1.165) is 11.3 Å². The molecular formula is C13H13ClN2O2. The van der Waals surface area contributed by atoms with Crippen LogP contribution < -0.4 is 0 Å². The van der Waals surface area contributed by atoms with Crippen molar-refractivity contribution in [3.05, 3.63) is 41.0 Å². The number of esters is 1. The van der Waals surface area contributed by atoms with E-state index < -0.39 is 5.97 Å². The second-order valence-electron chi connectivity index (χ2n) is 3.77. The Morgan fingerprint density at radius 3 is 2.67 bits per heavy atom. The van der Waals surface area contributed by atoms with Gasteiger partial charge in [-0.25, -0.2) is 4.79 Å². The van der Waals surface area contributed by atoms with E-state index in [1.165, 1.54) is 0 Å². The summed E-state index contributed by atoms with van der Waals surface area (Å²) in [4.78, 5) is 11.6. The molecule has 18 heavy (non-hydrogen) atoms. The van der Waals surface area contributed by atoms with Crippen molar-refractivity contribution in [1.29, 1.82) is 0 Å². The van der Waals surface area contributed by atoms with Gasteiger partial charge in [0.2, 0.25) is 0 Å². The Morgan fingerprint density at radius 2 is 2.06 bits per heavy atom. The molecule has 2 rings (SSSR count). The summed E-state index contributed by atoms with van der Waals surface area (Å²) in [5.74, 6) is -0.409. The van der Waals surface area contributed by atoms with E-state index in [0.29, 0.717) is 17.3 Å². The maximum atomic E-state index is 11.6. The fourth-order valence-electron chi connectivity index (χ4n) is 1.66. The number of hydrogen-bond donors (Lipinski definition) is 0. The van der Waals surface area contributed by atoms with Gasteiger partial charge in [0.25, 0.3) is 0 Å². The average molecular weight is 265 g/mol. The maximum absolute atomic E-state index is 11.6. The molecule has 0 aliphatic heterocycles. The lowest BCUT2D eigenvalue weighted by molar-refractivity contribution is 0.0518. The van der Waals surface area contributed by atoms with Gasteiger partial charge < -0.3 is 4.74 Å². The zero-order chi connectivity index (χ0) is 13.1. The summed E-state index contributed by atoms with van der Waals surface area (Å²) in [6, 6.07) is 9.08. The van der Waals surface area contributed by atoms with Crippen LogP contribution >= 0.6 is 11.6 Å². The lowest BCUT2D eigenvalue weighted by atomic mass is 10.1. The first kappa shape index (κ1) is 12.6. The summed E-state index contributed by atoms with van der Waals surface area (Å²) >= 11 is 5.84. The van der Waals surface area contributed by atoms with Gasteiger partial charge in [0.05, 0.1) is 12.3 Å². The molecule has 0 fully saturated rings. The number of hydrogen-bond acceptors (Lipinski definition) is 3. The third-order valence-corrected chi connectivity index (χ3v) is 2.76. The van der Waals surface area contributed by atoms with Crippen LogP contribution in [0.5, 0.6) is 0 Å². The minimum atomic E-state index is -0.409. The Labute approximate surface area is 110 Å². The molecule has 0 bridgehead atoms. The van der Waals surface area contributed by atoms with Crippen LogP contribution in [0.2, 0.25) is 5.02 Å². The third-order valence-electron chi connectivity index (χ3n) is 2.50. The summed E-state index contributed by atoms with van der Waals surface area (Å²) in [6.07, 6.45) is 0. The second kappa shape index (κ2) is 5.23. The monoisotopic (exact) mass is 264 g/mol. The van der Waals surface area contributed by atoms with Gasteiger partial charge in [-0.15, -0.1) is 0 Å². The van der Waals surface area contributed by atoms with Crippen molar-refractivity contribution in [3.8, 4) is 11.3 Å². The van der Waals surface area contributed by atoms with Crippen molar-refractivity contribution < 1.29 is 9.53 Å². The van der Waals surface area contributed by atoms with Crippen LogP contribution in [0, 0.1) is 0 Å². The van der Waals surface area contributed by atoms with Crippen molar-refractivity contribution >= 4 is 17.6 Å². The lowest BCUT2D eigenvalue weighted by Crippen LogP contribution is -2.05. The Kier molecular flexibility index (Phi) is 3.67. The molecule has 1 heterocycles. The molecule has 0 atom stereocenters. The van der Waals surface area contributed by atoms with Crippen LogP contribution in [0.15, 0.2) is 30.3 Å². The standard InChI is InChI=1S/C13H13ClN2O2/c1-3-18-13(17)11-8-12(16(2)15-11)9-4-6-10(14)7-5-9/h4-8H,3H2,1-2H3. The quantitative estimate of drug-likeness (QED) is 0.801. The molecule has 0 N–H and O–H groups in total. The first-order valence-electron chi connectivity index (χ1n) is 5.59. The molecule has 1 aromatic heterocycles.